The van der Waals surface area contributed by atoms with Crippen LogP contribution in [0.1, 0.15) is 47.4 Å². The first-order valence-corrected chi connectivity index (χ1v) is 11.1. The van der Waals surface area contributed by atoms with E-state index in [1.807, 2.05) is 6.07 Å². The van der Waals surface area contributed by atoms with Crippen LogP contribution in [0, 0.1) is 0 Å². The van der Waals surface area contributed by atoms with Gasteiger partial charge in [-0.2, -0.15) is 0 Å². The molecule has 1 fully saturated rings. The number of halogens is 2. The lowest BCUT2D eigenvalue weighted by atomic mass is 9.91. The van der Waals surface area contributed by atoms with Gasteiger partial charge in [-0.1, -0.05) is 12.1 Å². The Kier molecular flexibility index (Phi) is 8.50. The average molecular weight is 496 g/mol. The molecule has 0 radical (unpaired) electrons. The standard InChI is InChI=1S/C22H27BrN4O2.ClH/c23-20-15-24-21(26-20)22(28)25-19-7-6-16(8-9-27-10-12-29-13-11-27)14-18(19)17-4-2-1-3-5-17;/h4,6-7,14-15H,1-3,5,8-13H2,(H,24,26)(H,25,28);1H. The molecule has 4 rings (SSSR count). The average Bonchev–Trinajstić information content (AvgIpc) is 3.21. The van der Waals surface area contributed by atoms with Gasteiger partial charge in [0.25, 0.3) is 5.91 Å². The van der Waals surface area contributed by atoms with Gasteiger partial charge in [0.1, 0.15) is 4.60 Å². The van der Waals surface area contributed by atoms with Crippen molar-refractivity contribution in [3.63, 3.8) is 0 Å². The number of morpholine rings is 1. The third-order valence-corrected chi connectivity index (χ3v) is 5.95. The van der Waals surface area contributed by atoms with E-state index in [0.717, 1.165) is 63.4 Å². The van der Waals surface area contributed by atoms with Crippen molar-refractivity contribution in [2.24, 2.45) is 0 Å². The van der Waals surface area contributed by atoms with E-state index in [1.54, 1.807) is 6.20 Å². The molecule has 1 aliphatic carbocycles. The molecule has 0 bridgehead atoms. The highest BCUT2D eigenvalue weighted by Crippen LogP contribution is 2.33. The van der Waals surface area contributed by atoms with Crippen LogP contribution in [0.4, 0.5) is 5.69 Å². The van der Waals surface area contributed by atoms with Gasteiger partial charge in [0.15, 0.2) is 5.82 Å². The topological polar surface area (TPSA) is 70.2 Å². The van der Waals surface area contributed by atoms with Gasteiger partial charge in [0.05, 0.1) is 19.4 Å². The summed E-state index contributed by atoms with van der Waals surface area (Å²) in [5, 5.41) is 3.05. The number of anilines is 1. The summed E-state index contributed by atoms with van der Waals surface area (Å²) < 4.78 is 6.13. The number of imidazole rings is 1. The quantitative estimate of drug-likeness (QED) is 0.610. The minimum Gasteiger partial charge on any atom is -0.379 e. The summed E-state index contributed by atoms with van der Waals surface area (Å²) in [4.78, 5) is 22.1. The Hall–Kier alpha value is -1.67. The monoisotopic (exact) mass is 494 g/mol. The number of amides is 1. The van der Waals surface area contributed by atoms with Gasteiger partial charge >= 0.3 is 0 Å². The molecular formula is C22H28BrClN4O2. The number of hydrogen-bond acceptors (Lipinski definition) is 4. The number of carbonyl (C=O) groups excluding carboxylic acids is 1. The molecule has 30 heavy (non-hydrogen) atoms. The fourth-order valence-electron chi connectivity index (χ4n) is 3.91. The largest absolute Gasteiger partial charge is 0.379 e. The molecule has 8 heteroatoms. The Balaban J connectivity index is 0.00000256. The Morgan fingerprint density at radius 1 is 1.27 bits per heavy atom. The van der Waals surface area contributed by atoms with E-state index < -0.39 is 0 Å². The fourth-order valence-corrected chi connectivity index (χ4v) is 4.20. The van der Waals surface area contributed by atoms with Crippen LogP contribution in [0.25, 0.3) is 5.57 Å². The summed E-state index contributed by atoms with van der Waals surface area (Å²) in [6, 6.07) is 6.42. The fraction of sp³-hybridized carbons (Fsp3) is 0.455. The van der Waals surface area contributed by atoms with Crippen LogP contribution in [-0.4, -0.2) is 53.6 Å². The molecule has 1 aromatic heterocycles. The molecule has 1 amide bonds. The van der Waals surface area contributed by atoms with Gasteiger partial charge in [-0.25, -0.2) is 4.98 Å². The summed E-state index contributed by atoms with van der Waals surface area (Å²) in [5.74, 6) is 0.0752. The first kappa shape index (κ1) is 23.0. The predicted molar refractivity (Wildman–Crippen MR) is 125 cm³/mol. The number of nitrogens with zero attached hydrogens (tertiary/aromatic N) is 2. The van der Waals surface area contributed by atoms with Gasteiger partial charge in [0, 0.05) is 30.9 Å². The molecule has 2 aromatic rings. The Morgan fingerprint density at radius 3 is 2.80 bits per heavy atom. The maximum Gasteiger partial charge on any atom is 0.291 e. The molecule has 0 saturated carbocycles. The van der Waals surface area contributed by atoms with Crippen LogP contribution in [-0.2, 0) is 11.2 Å². The van der Waals surface area contributed by atoms with Gasteiger partial charge in [-0.3, -0.25) is 9.69 Å². The molecule has 2 aliphatic rings. The molecular weight excluding hydrogens is 468 g/mol. The molecule has 1 saturated heterocycles. The zero-order chi connectivity index (χ0) is 20.1. The van der Waals surface area contributed by atoms with Crippen molar-refractivity contribution in [2.45, 2.75) is 32.1 Å². The molecule has 162 valence electrons. The summed E-state index contributed by atoms with van der Waals surface area (Å²) in [5.41, 5.74) is 4.63. The highest BCUT2D eigenvalue weighted by atomic mass is 79.9. The zero-order valence-electron chi connectivity index (χ0n) is 17.0. The lowest BCUT2D eigenvalue weighted by Crippen LogP contribution is -2.37. The van der Waals surface area contributed by atoms with Gasteiger partial charge < -0.3 is 15.0 Å². The summed E-state index contributed by atoms with van der Waals surface area (Å²) in [7, 11) is 0. The SMILES string of the molecule is Cl.O=C(Nc1ccc(CCN2CCOCC2)cc1C1=CCCCC1)c1ncc(Br)[nH]1. The molecule has 2 heterocycles. The van der Waals surface area contributed by atoms with E-state index in [1.165, 1.54) is 24.0 Å². The number of aromatic amines is 1. The second kappa shape index (κ2) is 11.1. The third kappa shape index (κ3) is 5.94. The number of nitrogens with one attached hydrogen (secondary N) is 2. The van der Waals surface area contributed by atoms with Crippen molar-refractivity contribution in [3.05, 3.63) is 52.0 Å². The third-order valence-electron chi connectivity index (χ3n) is 5.55. The maximum absolute atomic E-state index is 12.6. The van der Waals surface area contributed by atoms with Crippen LogP contribution < -0.4 is 5.32 Å². The van der Waals surface area contributed by atoms with E-state index in [-0.39, 0.29) is 18.3 Å². The van der Waals surface area contributed by atoms with E-state index in [9.17, 15) is 4.79 Å². The molecule has 0 atom stereocenters. The van der Waals surface area contributed by atoms with E-state index in [2.05, 4.69) is 54.3 Å². The number of carbonyl (C=O) groups is 1. The minimum absolute atomic E-state index is 0. The molecule has 2 N–H and O–H groups in total. The van der Waals surface area contributed by atoms with Crippen molar-refractivity contribution in [2.75, 3.05) is 38.2 Å². The maximum atomic E-state index is 12.6. The van der Waals surface area contributed by atoms with Crippen molar-refractivity contribution < 1.29 is 9.53 Å². The van der Waals surface area contributed by atoms with Crippen molar-refractivity contribution >= 4 is 45.5 Å². The number of allylic oxidation sites excluding steroid dienone is 2. The van der Waals surface area contributed by atoms with Crippen molar-refractivity contribution in [3.8, 4) is 0 Å². The minimum atomic E-state index is -0.227. The number of ether oxygens (including phenoxy) is 1. The van der Waals surface area contributed by atoms with E-state index >= 15 is 0 Å². The highest BCUT2D eigenvalue weighted by Gasteiger charge is 2.17. The molecule has 0 spiro atoms. The predicted octanol–water partition coefficient (Wildman–Crippen LogP) is 4.68. The molecule has 1 aliphatic heterocycles. The highest BCUT2D eigenvalue weighted by molar-refractivity contribution is 9.10. The molecule has 1 aromatic carbocycles. The van der Waals surface area contributed by atoms with Crippen LogP contribution >= 0.6 is 28.3 Å². The Labute approximate surface area is 192 Å². The van der Waals surface area contributed by atoms with Gasteiger partial charge in [-0.15, -0.1) is 12.4 Å². The summed E-state index contributed by atoms with van der Waals surface area (Å²) >= 11 is 3.30. The number of hydrogen-bond donors (Lipinski definition) is 2. The Bertz CT molecular complexity index is 893. The van der Waals surface area contributed by atoms with Crippen LogP contribution in [0.3, 0.4) is 0 Å². The van der Waals surface area contributed by atoms with Crippen LogP contribution in [0.5, 0.6) is 0 Å². The lowest BCUT2D eigenvalue weighted by molar-refractivity contribution is 0.0384. The van der Waals surface area contributed by atoms with Crippen LogP contribution in [0.2, 0.25) is 0 Å². The molecule has 0 unspecified atom stereocenters. The summed E-state index contributed by atoms with van der Waals surface area (Å²) in [6.07, 6.45) is 9.51. The number of H-pyrrole nitrogens is 1. The Morgan fingerprint density at radius 2 is 2.10 bits per heavy atom. The second-order valence-electron chi connectivity index (χ2n) is 7.59. The van der Waals surface area contributed by atoms with Crippen molar-refractivity contribution in [1.82, 2.24) is 14.9 Å². The first-order valence-electron chi connectivity index (χ1n) is 10.3. The van der Waals surface area contributed by atoms with E-state index in [0.29, 0.717) is 10.4 Å². The number of benzene rings is 1. The first-order chi connectivity index (χ1) is 14.2. The number of aromatic nitrogens is 2. The summed E-state index contributed by atoms with van der Waals surface area (Å²) in [6.45, 7) is 4.70. The molecule has 6 nitrogen and oxygen atoms in total. The lowest BCUT2D eigenvalue weighted by Gasteiger charge is -2.26. The van der Waals surface area contributed by atoms with E-state index in [4.69, 9.17) is 4.74 Å². The number of rotatable bonds is 6. The van der Waals surface area contributed by atoms with Crippen LogP contribution in [0.15, 0.2) is 35.1 Å². The normalized spacial score (nSPS) is 17.2. The van der Waals surface area contributed by atoms with Crippen molar-refractivity contribution in [1.29, 1.82) is 0 Å². The van der Waals surface area contributed by atoms with Gasteiger partial charge in [-0.05, 0) is 71.3 Å². The second-order valence-corrected chi connectivity index (χ2v) is 8.45. The zero-order valence-corrected chi connectivity index (χ0v) is 19.4. The van der Waals surface area contributed by atoms with Gasteiger partial charge in [0.2, 0.25) is 0 Å². The smallest absolute Gasteiger partial charge is 0.291 e.